The summed E-state index contributed by atoms with van der Waals surface area (Å²) in [7, 11) is 13.1. The van der Waals surface area contributed by atoms with Crippen molar-refractivity contribution in [3.05, 3.63) is 215 Å². The fourth-order valence-corrected chi connectivity index (χ4v) is 6.00. The maximum Gasteiger partial charge on any atom is 4.00 e. The van der Waals surface area contributed by atoms with Gasteiger partial charge < -0.3 is 90.1 Å². The quantitative estimate of drug-likeness (QED) is 0.0307. The summed E-state index contributed by atoms with van der Waals surface area (Å²) >= 11 is 19.1. The first-order chi connectivity index (χ1) is 40.1. The Balaban J connectivity index is 0. The van der Waals surface area contributed by atoms with Crippen LogP contribution in [-0.2, 0) is 53.1 Å². The van der Waals surface area contributed by atoms with Crippen LogP contribution >= 0.6 is 46.4 Å². The van der Waals surface area contributed by atoms with E-state index in [2.05, 4.69) is 41.2 Å². The molecular weight excluding hydrogens is 1350 g/mol. The normalized spacial score (nSPS) is 9.63. The van der Waals surface area contributed by atoms with E-state index < -0.39 is 0 Å². The molecule has 0 N–H and O–H groups in total. The van der Waals surface area contributed by atoms with E-state index in [1.807, 2.05) is 194 Å². The molecule has 86 heavy (non-hydrogen) atoms. The molecule has 0 spiro atoms. The van der Waals surface area contributed by atoms with Crippen LogP contribution in [0, 0.1) is 0 Å². The first-order valence-corrected chi connectivity index (χ1v) is 26.5. The van der Waals surface area contributed by atoms with E-state index in [-0.39, 0.29) is 63.8 Å². The number of aliphatic imine (C=N–C) groups is 4. The molecule has 0 aliphatic carbocycles. The second kappa shape index (κ2) is 50.8. The number of hydrogen-bond donors (Lipinski definition) is 0. The second-order valence-corrected chi connectivity index (χ2v) is 16.9. The Morgan fingerprint density at radius 2 is 0.372 bits per heavy atom. The van der Waals surface area contributed by atoms with Crippen molar-refractivity contribution in [2.24, 2.45) is 20.0 Å². The van der Waals surface area contributed by atoms with Crippen LogP contribution in [0.5, 0.6) is 46.0 Å². The van der Waals surface area contributed by atoms with E-state index in [1.54, 1.807) is 56.9 Å². The van der Waals surface area contributed by atoms with Gasteiger partial charge >= 0.3 is 42.1 Å². The number of alkyl halides is 4. The summed E-state index contributed by atoms with van der Waals surface area (Å²) in [5.74, 6) is 6.49. The monoisotopic (exact) mass is 1420 g/mol. The minimum Gasteiger partial charge on any atom is -2.00 e. The molecule has 8 aromatic carbocycles. The molecule has 0 amide bonds. The summed E-state index contributed by atoms with van der Waals surface area (Å²) in [5.41, 5.74) is 6.65. The van der Waals surface area contributed by atoms with Gasteiger partial charge in [0.2, 0.25) is 0 Å². The third-order valence-corrected chi connectivity index (χ3v) is 10.2. The second-order valence-electron chi connectivity index (χ2n) is 15.3. The third kappa shape index (κ3) is 34.5. The molecule has 0 fully saturated rings. The van der Waals surface area contributed by atoms with E-state index in [1.165, 1.54) is 25.4 Å². The van der Waals surface area contributed by atoms with Gasteiger partial charge in [0.15, 0.2) is 0 Å². The summed E-state index contributed by atoms with van der Waals surface area (Å²) in [6.07, 6.45) is 6.13. The average Bonchev–Trinajstić information content (AvgIpc) is 3.58. The molecule has 0 aliphatic heterocycles. The Labute approximate surface area is 553 Å². The molecule has 0 bridgehead atoms. The number of nitrogens with zero attached hydrogens (tertiary/aromatic N) is 8. The van der Waals surface area contributed by atoms with Crippen LogP contribution in [0.15, 0.2) is 214 Å². The van der Waals surface area contributed by atoms with Gasteiger partial charge in [0, 0.05) is 0 Å². The number of halogens is 4. The zero-order valence-corrected chi connectivity index (χ0v) is 55.2. The fourth-order valence-electron chi connectivity index (χ4n) is 6.00. The first-order valence-electron chi connectivity index (χ1n) is 24.4. The van der Waals surface area contributed by atoms with Gasteiger partial charge in [-0.05, 0) is 143 Å². The van der Waals surface area contributed by atoms with Crippen LogP contribution < -0.4 is 37.9 Å². The molecule has 0 radical (unpaired) electrons. The summed E-state index contributed by atoms with van der Waals surface area (Å²) < 4.78 is 40.6. The molecule has 0 aliphatic rings. The number of benzene rings is 8. The molecule has 18 nitrogen and oxygen atoms in total. The van der Waals surface area contributed by atoms with Crippen LogP contribution in [0.25, 0.3) is 21.3 Å². The van der Waals surface area contributed by atoms with E-state index in [4.69, 9.17) is 84.3 Å². The van der Waals surface area contributed by atoms with Gasteiger partial charge in [-0.2, -0.15) is 0 Å². The van der Waals surface area contributed by atoms with E-state index in [0.717, 1.165) is 91.5 Å². The molecule has 0 heterocycles. The number of methoxy groups -OCH3 is 8. The van der Waals surface area contributed by atoms with E-state index in [0.29, 0.717) is 0 Å². The zero-order chi connectivity index (χ0) is 59.4. The van der Waals surface area contributed by atoms with Gasteiger partial charge in [0.1, 0.15) is 46.0 Å². The number of ether oxygens (including phenoxy) is 8. The van der Waals surface area contributed by atoms with Crippen LogP contribution in [0.4, 0.5) is 45.5 Å². The van der Waals surface area contributed by atoms with Gasteiger partial charge in [-0.25, -0.2) is 0 Å². The molecule has 0 atom stereocenters. The van der Waals surface area contributed by atoms with Crippen molar-refractivity contribution in [2.45, 2.75) is 0 Å². The van der Waals surface area contributed by atoms with Crippen LogP contribution in [-0.4, -0.2) is 92.9 Å². The predicted molar refractivity (Wildman–Crippen MR) is 343 cm³/mol. The average molecular weight is 1410 g/mol. The summed E-state index contributed by atoms with van der Waals surface area (Å²) in [6.45, 7) is 0. The van der Waals surface area contributed by atoms with Crippen molar-refractivity contribution in [3.8, 4) is 46.0 Å². The zero-order valence-electron chi connectivity index (χ0n) is 48.2. The van der Waals surface area contributed by atoms with Crippen molar-refractivity contribution < 1.29 is 91.0 Å². The molecule has 452 valence electrons. The van der Waals surface area contributed by atoms with Gasteiger partial charge in [-0.3, -0.25) is 0 Å². The van der Waals surface area contributed by atoms with E-state index >= 15 is 0 Å². The molecule has 24 heteroatoms. The topological polar surface area (TPSA) is 237 Å². The molecule has 0 saturated heterocycles. The Bertz CT molecular complexity index is 2620. The largest absolute Gasteiger partial charge is 4.00 e. The van der Waals surface area contributed by atoms with Crippen molar-refractivity contribution in [1.29, 1.82) is 0 Å². The van der Waals surface area contributed by atoms with Gasteiger partial charge in [-0.15, -0.1) is 46.4 Å². The van der Waals surface area contributed by atoms with Gasteiger partial charge in [-0.1, -0.05) is 122 Å². The van der Waals surface area contributed by atoms with Crippen molar-refractivity contribution >= 4 is 117 Å². The Hall–Kier alpha value is -7.50. The fraction of sp³-hybridized carbons (Fsp3) is 0.161. The Morgan fingerprint density at radius 3 is 0.488 bits per heavy atom. The van der Waals surface area contributed by atoms with Crippen LogP contribution in [0.2, 0.25) is 0 Å². The molecule has 8 aromatic rings. The molecule has 0 aromatic heterocycles. The van der Waals surface area contributed by atoms with Gasteiger partial charge in [0.05, 0.1) is 67.6 Å². The summed E-state index contributed by atoms with van der Waals surface area (Å²) in [6, 6.07) is 59.8. The van der Waals surface area contributed by atoms with Crippen molar-refractivity contribution in [3.63, 3.8) is 0 Å². The molecule has 8 rings (SSSR count). The van der Waals surface area contributed by atoms with Gasteiger partial charge in [0.25, 0.3) is 0 Å². The number of hydrogen-bond acceptors (Lipinski definition) is 12. The third-order valence-electron chi connectivity index (χ3n) is 10.2. The summed E-state index contributed by atoms with van der Waals surface area (Å²) in [4.78, 5) is 17.0. The molecule has 0 unspecified atom stereocenters. The maximum absolute atomic E-state index is 5.08. The standard InChI is InChI=1S/4C15H15N2O2.2CH2Cl2.2Mo.2O/c4*1-18-14-7-3-12(4-8-14)16-11-17-13-5-9-15(19-2)10-6-13;2*2-1-3;;;;/h4*3-11H,1-2H3;2*1H2;;;;/q4*-1;;;2*+4;2*-2. The minimum absolute atomic E-state index is 0. The smallest absolute Gasteiger partial charge is 2.00 e. The van der Waals surface area contributed by atoms with Crippen LogP contribution in [0.1, 0.15) is 0 Å². The minimum atomic E-state index is 0. The predicted octanol–water partition coefficient (Wildman–Crippen LogP) is 18.9. The molecular formula is C62H64Cl4Mo2N8O10. The first kappa shape index (κ1) is 80.6. The van der Waals surface area contributed by atoms with E-state index in [9.17, 15) is 0 Å². The number of rotatable bonds is 20. The van der Waals surface area contributed by atoms with Crippen LogP contribution in [0.3, 0.4) is 0 Å². The van der Waals surface area contributed by atoms with Crippen molar-refractivity contribution in [2.75, 3.05) is 67.6 Å². The maximum atomic E-state index is 5.08. The Kier molecular flexibility index (Phi) is 47.6. The van der Waals surface area contributed by atoms with Crippen molar-refractivity contribution in [1.82, 2.24) is 0 Å². The summed E-state index contributed by atoms with van der Waals surface area (Å²) in [5, 5.41) is 17.4. The Morgan fingerprint density at radius 1 is 0.256 bits per heavy atom. The SMILES string of the molecule is COc1ccc(N=C[N-]c2ccc(OC)cc2)cc1.COc1ccc(N=C[N-]c2ccc(OC)cc2)cc1.COc1ccc(N=C[N-]c2ccc(OC)cc2)cc1.COc1ccc(N=C[N-]c2ccc(OC)cc2)cc1.ClCCl.ClCCl.[Mo+4].[Mo+4].[O-2].[O-2]. The molecule has 0 saturated carbocycles.